The number of nitriles is 1. The van der Waals surface area contributed by atoms with Gasteiger partial charge in [0.15, 0.2) is 0 Å². The van der Waals surface area contributed by atoms with Crippen molar-refractivity contribution in [3.8, 4) is 17.6 Å². The van der Waals surface area contributed by atoms with Crippen LogP contribution < -0.4 is 14.8 Å². The highest BCUT2D eigenvalue weighted by molar-refractivity contribution is 9.11. The van der Waals surface area contributed by atoms with Crippen LogP contribution in [0.3, 0.4) is 0 Å². The van der Waals surface area contributed by atoms with Gasteiger partial charge in [0.05, 0.1) is 0 Å². The summed E-state index contributed by atoms with van der Waals surface area (Å²) < 4.78 is 14.6. The summed E-state index contributed by atoms with van der Waals surface area (Å²) in [5.74, 6) is 0.711. The summed E-state index contributed by atoms with van der Waals surface area (Å²) in [7, 11) is 0. The smallest absolute Gasteiger partial charge is 0.266 e. The van der Waals surface area contributed by atoms with Crippen molar-refractivity contribution in [1.29, 1.82) is 5.26 Å². The summed E-state index contributed by atoms with van der Waals surface area (Å²) in [5, 5.41) is 12.5. The molecule has 0 saturated heterocycles. The van der Waals surface area contributed by atoms with Gasteiger partial charge in [0.1, 0.15) is 36.4 Å². The van der Waals surface area contributed by atoms with Gasteiger partial charge >= 0.3 is 0 Å². The molecule has 0 unspecified atom stereocenters. The molecular weight excluding hydrogens is 676 g/mol. The molecule has 4 rings (SSSR count). The molecule has 0 fully saturated rings. The van der Waals surface area contributed by atoms with Gasteiger partial charge in [-0.2, -0.15) is 5.26 Å². The minimum absolute atomic E-state index is 0.0489. The van der Waals surface area contributed by atoms with Crippen LogP contribution in [0, 0.1) is 11.3 Å². The van der Waals surface area contributed by atoms with Gasteiger partial charge in [0.2, 0.25) is 0 Å². The van der Waals surface area contributed by atoms with Gasteiger partial charge < -0.3 is 14.8 Å². The van der Waals surface area contributed by atoms with Crippen LogP contribution in [0.1, 0.15) is 16.7 Å². The third-order valence-electron chi connectivity index (χ3n) is 5.38. The maximum absolute atomic E-state index is 12.9. The third kappa shape index (κ3) is 8.06. The van der Waals surface area contributed by atoms with E-state index in [1.807, 2.05) is 60.7 Å². The Morgan fingerprint density at radius 3 is 1.89 bits per heavy atom. The van der Waals surface area contributed by atoms with Crippen molar-refractivity contribution in [3.63, 3.8) is 0 Å². The number of carbonyl (C=O) groups excluding carboxylic acids is 1. The number of hydrogen-bond acceptors (Lipinski definition) is 4. The summed E-state index contributed by atoms with van der Waals surface area (Å²) in [6.45, 7) is 0.777. The first-order valence-electron chi connectivity index (χ1n) is 11.5. The van der Waals surface area contributed by atoms with E-state index in [0.717, 1.165) is 24.5 Å². The Labute approximate surface area is 246 Å². The lowest BCUT2D eigenvalue weighted by atomic mass is 10.1. The number of hydrogen-bond donors (Lipinski definition) is 1. The molecule has 1 amide bonds. The molecule has 1 N–H and O–H groups in total. The topological polar surface area (TPSA) is 71.3 Å². The van der Waals surface area contributed by atoms with E-state index in [-0.39, 0.29) is 5.57 Å². The highest BCUT2D eigenvalue weighted by Gasteiger charge is 2.12. The molecule has 5 nitrogen and oxygen atoms in total. The van der Waals surface area contributed by atoms with Crippen molar-refractivity contribution < 1.29 is 14.3 Å². The maximum atomic E-state index is 12.9. The molecule has 4 aromatic rings. The lowest BCUT2D eigenvalue weighted by Gasteiger charge is -2.11. The van der Waals surface area contributed by atoms with E-state index >= 15 is 0 Å². The SMILES string of the molecule is N#C/C(=C\c1cc(Br)ccc1OCc1ccc(Br)cc1)C(=O)Nc1ccc(OCc2ccc(Br)cc2)cc1. The zero-order chi connectivity index (χ0) is 26.9. The van der Waals surface area contributed by atoms with Crippen molar-refractivity contribution in [2.75, 3.05) is 5.32 Å². The average molecular weight is 697 g/mol. The molecule has 0 atom stereocenters. The molecule has 0 heterocycles. The molecule has 0 saturated carbocycles. The molecule has 0 aliphatic carbocycles. The average Bonchev–Trinajstić information content (AvgIpc) is 2.92. The Kier molecular flexibility index (Phi) is 9.77. The van der Waals surface area contributed by atoms with Crippen LogP contribution in [-0.2, 0) is 18.0 Å². The molecule has 8 heteroatoms. The first kappa shape index (κ1) is 27.6. The van der Waals surface area contributed by atoms with Crippen LogP contribution in [0.25, 0.3) is 6.08 Å². The second kappa shape index (κ2) is 13.4. The fourth-order valence-electron chi connectivity index (χ4n) is 3.39. The lowest BCUT2D eigenvalue weighted by molar-refractivity contribution is -0.112. The number of amides is 1. The molecule has 0 bridgehead atoms. The first-order valence-corrected chi connectivity index (χ1v) is 13.8. The molecule has 0 aliphatic rings. The van der Waals surface area contributed by atoms with Crippen LogP contribution >= 0.6 is 47.8 Å². The molecular formula is C30H21Br3N2O3. The van der Waals surface area contributed by atoms with E-state index in [1.54, 1.807) is 36.4 Å². The molecule has 0 aromatic heterocycles. The van der Waals surface area contributed by atoms with E-state index in [9.17, 15) is 10.1 Å². The van der Waals surface area contributed by atoms with Gasteiger partial charge in [-0.05, 0) is 83.9 Å². The maximum Gasteiger partial charge on any atom is 0.266 e. The molecule has 0 radical (unpaired) electrons. The van der Waals surface area contributed by atoms with Crippen molar-refractivity contribution in [1.82, 2.24) is 0 Å². The molecule has 38 heavy (non-hydrogen) atoms. The molecule has 0 spiro atoms. The van der Waals surface area contributed by atoms with Crippen molar-refractivity contribution in [2.45, 2.75) is 13.2 Å². The second-order valence-electron chi connectivity index (χ2n) is 8.16. The number of nitrogens with zero attached hydrogens (tertiary/aromatic N) is 1. The quantitative estimate of drug-likeness (QED) is 0.140. The first-order chi connectivity index (χ1) is 18.4. The zero-order valence-electron chi connectivity index (χ0n) is 20.0. The number of nitrogens with one attached hydrogen (secondary N) is 1. The van der Waals surface area contributed by atoms with Crippen LogP contribution in [0.4, 0.5) is 5.69 Å². The summed E-state index contributed by atoms with van der Waals surface area (Å²) >= 11 is 10.3. The Morgan fingerprint density at radius 2 is 1.32 bits per heavy atom. The van der Waals surface area contributed by atoms with E-state index in [0.29, 0.717) is 36.0 Å². The van der Waals surface area contributed by atoms with Gasteiger partial charge in [-0.15, -0.1) is 0 Å². The van der Waals surface area contributed by atoms with Crippen LogP contribution in [0.15, 0.2) is 110 Å². The van der Waals surface area contributed by atoms with Crippen molar-refractivity contribution in [2.24, 2.45) is 0 Å². The molecule has 190 valence electrons. The van der Waals surface area contributed by atoms with E-state index in [2.05, 4.69) is 53.1 Å². The largest absolute Gasteiger partial charge is 0.489 e. The summed E-state index contributed by atoms with van der Waals surface area (Å²) in [6.07, 6.45) is 1.52. The minimum Gasteiger partial charge on any atom is -0.489 e. The van der Waals surface area contributed by atoms with Gasteiger partial charge in [0.25, 0.3) is 5.91 Å². The highest BCUT2D eigenvalue weighted by atomic mass is 79.9. The lowest BCUT2D eigenvalue weighted by Crippen LogP contribution is -2.13. The van der Waals surface area contributed by atoms with Crippen LogP contribution in [-0.4, -0.2) is 5.91 Å². The fourth-order valence-corrected chi connectivity index (χ4v) is 4.30. The standard InChI is InChI=1S/C30H21Br3N2O3/c31-24-5-1-20(2-6-24)18-37-28-12-10-27(11-13-28)35-30(36)23(17-34)15-22-16-26(33)9-14-29(22)38-19-21-3-7-25(32)8-4-21/h1-16H,18-19H2,(H,35,36)/b23-15+. The number of rotatable bonds is 9. The van der Waals surface area contributed by atoms with Crippen molar-refractivity contribution in [3.05, 3.63) is 127 Å². The van der Waals surface area contributed by atoms with Gasteiger partial charge in [-0.3, -0.25) is 4.79 Å². The van der Waals surface area contributed by atoms with Gasteiger partial charge in [-0.25, -0.2) is 0 Å². The van der Waals surface area contributed by atoms with Crippen LogP contribution in [0.2, 0.25) is 0 Å². The van der Waals surface area contributed by atoms with Gasteiger partial charge in [0, 0.05) is 24.7 Å². The Bertz CT molecular complexity index is 1480. The monoisotopic (exact) mass is 694 g/mol. The summed E-state index contributed by atoms with van der Waals surface area (Å²) in [6, 6.07) is 30.2. The normalized spacial score (nSPS) is 10.9. The summed E-state index contributed by atoms with van der Waals surface area (Å²) in [4.78, 5) is 12.9. The number of halogens is 3. The third-order valence-corrected chi connectivity index (χ3v) is 6.93. The Hall–Kier alpha value is -3.38. The predicted molar refractivity (Wildman–Crippen MR) is 160 cm³/mol. The fraction of sp³-hybridized carbons (Fsp3) is 0.0667. The highest BCUT2D eigenvalue weighted by Crippen LogP contribution is 2.27. The van der Waals surface area contributed by atoms with E-state index in [4.69, 9.17) is 9.47 Å². The van der Waals surface area contributed by atoms with Crippen LogP contribution in [0.5, 0.6) is 11.5 Å². The molecule has 4 aromatic carbocycles. The number of carbonyl (C=O) groups is 1. The molecule has 0 aliphatic heterocycles. The second-order valence-corrected chi connectivity index (χ2v) is 10.9. The van der Waals surface area contributed by atoms with Gasteiger partial charge in [-0.1, -0.05) is 72.1 Å². The Balaban J connectivity index is 1.41. The van der Waals surface area contributed by atoms with Crippen molar-refractivity contribution >= 4 is 65.5 Å². The minimum atomic E-state index is -0.519. The van der Waals surface area contributed by atoms with E-state index in [1.165, 1.54) is 6.08 Å². The zero-order valence-corrected chi connectivity index (χ0v) is 24.7. The number of benzene rings is 4. The Morgan fingerprint density at radius 1 is 0.763 bits per heavy atom. The predicted octanol–water partition coefficient (Wildman–Crippen LogP) is 8.68. The van der Waals surface area contributed by atoms with E-state index < -0.39 is 5.91 Å². The number of anilines is 1. The number of ether oxygens (including phenoxy) is 2. The summed E-state index contributed by atoms with van der Waals surface area (Å²) in [5.41, 5.74) is 3.15.